The normalized spacial score (nSPS) is 11.4. The van der Waals surface area contributed by atoms with Crippen LogP contribution in [0.1, 0.15) is 32.8 Å². The Balaban J connectivity index is 0.00000729. The van der Waals surface area contributed by atoms with Gasteiger partial charge in [-0.2, -0.15) is 8.78 Å². The van der Waals surface area contributed by atoms with Crippen molar-refractivity contribution in [1.82, 2.24) is 10.6 Å². The maximum atomic E-state index is 12.5. The molecule has 0 aliphatic heterocycles. The van der Waals surface area contributed by atoms with Crippen molar-refractivity contribution in [2.75, 3.05) is 33.4 Å². The fourth-order valence-electron chi connectivity index (χ4n) is 2.23. The van der Waals surface area contributed by atoms with Crippen molar-refractivity contribution < 1.29 is 23.0 Å². The van der Waals surface area contributed by atoms with Crippen LogP contribution in [-0.4, -0.2) is 46.0 Å². The first-order valence-electron chi connectivity index (χ1n) is 9.19. The molecular weight excluding hydrogens is 483 g/mol. The fraction of sp³-hybridized carbons (Fsp3) is 0.632. The molecule has 0 amide bonds. The number of guanidine groups is 1. The van der Waals surface area contributed by atoms with E-state index in [1.807, 2.05) is 0 Å². The molecule has 0 fully saturated rings. The van der Waals surface area contributed by atoms with E-state index in [0.29, 0.717) is 37.4 Å². The van der Waals surface area contributed by atoms with Crippen LogP contribution in [0.3, 0.4) is 0 Å². The van der Waals surface area contributed by atoms with Crippen LogP contribution >= 0.6 is 24.0 Å². The smallest absolute Gasteiger partial charge is 0.387 e. The molecule has 28 heavy (non-hydrogen) atoms. The zero-order chi connectivity index (χ0) is 20.1. The number of halogens is 3. The highest BCUT2D eigenvalue weighted by Crippen LogP contribution is 2.29. The van der Waals surface area contributed by atoms with Gasteiger partial charge in [0.2, 0.25) is 0 Å². The van der Waals surface area contributed by atoms with Gasteiger partial charge in [-0.1, -0.05) is 19.9 Å². The Hall–Kier alpha value is -1.36. The van der Waals surface area contributed by atoms with Crippen LogP contribution in [0, 0.1) is 5.92 Å². The first-order valence-corrected chi connectivity index (χ1v) is 9.19. The summed E-state index contributed by atoms with van der Waals surface area (Å²) >= 11 is 0. The van der Waals surface area contributed by atoms with Crippen molar-refractivity contribution in [3.05, 3.63) is 23.8 Å². The molecule has 0 saturated heterocycles. The monoisotopic (exact) mass is 515 g/mol. The molecule has 1 rings (SSSR count). The summed E-state index contributed by atoms with van der Waals surface area (Å²) in [5, 5.41) is 6.39. The van der Waals surface area contributed by atoms with E-state index < -0.39 is 6.61 Å². The Morgan fingerprint density at radius 2 is 1.93 bits per heavy atom. The van der Waals surface area contributed by atoms with E-state index in [1.54, 1.807) is 26.1 Å². The number of hydrogen-bond donors (Lipinski definition) is 2. The summed E-state index contributed by atoms with van der Waals surface area (Å²) in [5.74, 6) is 1.51. The second-order valence-corrected chi connectivity index (χ2v) is 6.27. The summed E-state index contributed by atoms with van der Waals surface area (Å²) < 4.78 is 40.3. The van der Waals surface area contributed by atoms with Gasteiger partial charge in [-0.25, -0.2) is 0 Å². The predicted octanol–water partition coefficient (Wildman–Crippen LogP) is 4.03. The lowest BCUT2D eigenvalue weighted by molar-refractivity contribution is -0.0514. The van der Waals surface area contributed by atoms with Crippen LogP contribution in [0.4, 0.5) is 8.78 Å². The van der Waals surface area contributed by atoms with Gasteiger partial charge in [0.05, 0.1) is 6.61 Å². The maximum absolute atomic E-state index is 12.5. The third-order valence-corrected chi connectivity index (χ3v) is 3.42. The van der Waals surface area contributed by atoms with Crippen molar-refractivity contribution in [3.8, 4) is 11.5 Å². The number of aliphatic imine (C=N–C) groups is 1. The summed E-state index contributed by atoms with van der Waals surface area (Å²) in [6.45, 7) is 6.17. The van der Waals surface area contributed by atoms with Crippen LogP contribution in [-0.2, 0) is 11.3 Å². The second kappa shape index (κ2) is 15.5. The van der Waals surface area contributed by atoms with Gasteiger partial charge in [0.1, 0.15) is 0 Å². The van der Waals surface area contributed by atoms with Crippen molar-refractivity contribution in [3.63, 3.8) is 0 Å². The summed E-state index contributed by atoms with van der Waals surface area (Å²) in [5.41, 5.74) is 0.864. The SMILES string of the molecule is CCOc1cc(CNC(=NC)NCCCOCC(C)C)ccc1OC(F)F.I. The van der Waals surface area contributed by atoms with Crippen LogP contribution in [0.15, 0.2) is 23.2 Å². The van der Waals surface area contributed by atoms with Gasteiger partial charge in [-0.05, 0) is 37.0 Å². The first-order chi connectivity index (χ1) is 13.0. The van der Waals surface area contributed by atoms with Crippen molar-refractivity contribution >= 4 is 29.9 Å². The van der Waals surface area contributed by atoms with E-state index in [1.165, 1.54) is 6.07 Å². The minimum absolute atomic E-state index is 0. The quantitative estimate of drug-likeness (QED) is 0.191. The molecule has 1 aromatic carbocycles. The van der Waals surface area contributed by atoms with Gasteiger partial charge in [0, 0.05) is 33.4 Å². The molecule has 0 aliphatic carbocycles. The Bertz CT molecular complexity index is 575. The highest BCUT2D eigenvalue weighted by atomic mass is 127. The lowest BCUT2D eigenvalue weighted by atomic mass is 10.2. The van der Waals surface area contributed by atoms with Gasteiger partial charge in [-0.3, -0.25) is 4.99 Å². The predicted molar refractivity (Wildman–Crippen MR) is 118 cm³/mol. The van der Waals surface area contributed by atoms with Gasteiger partial charge in [0.25, 0.3) is 0 Å². The zero-order valence-electron chi connectivity index (χ0n) is 17.0. The molecular formula is C19H32F2IN3O3. The summed E-state index contributed by atoms with van der Waals surface area (Å²) in [7, 11) is 1.69. The number of nitrogens with one attached hydrogen (secondary N) is 2. The molecule has 0 aliphatic rings. The number of alkyl halides is 2. The van der Waals surface area contributed by atoms with Crippen molar-refractivity contribution in [2.24, 2.45) is 10.9 Å². The molecule has 0 atom stereocenters. The third kappa shape index (κ3) is 11.5. The van der Waals surface area contributed by atoms with E-state index in [0.717, 1.165) is 25.1 Å². The van der Waals surface area contributed by atoms with Crippen LogP contribution in [0.5, 0.6) is 11.5 Å². The zero-order valence-corrected chi connectivity index (χ0v) is 19.3. The molecule has 0 aromatic heterocycles. The minimum atomic E-state index is -2.89. The lowest BCUT2D eigenvalue weighted by Gasteiger charge is -2.15. The molecule has 0 spiro atoms. The highest BCUT2D eigenvalue weighted by molar-refractivity contribution is 14.0. The lowest BCUT2D eigenvalue weighted by Crippen LogP contribution is -2.37. The molecule has 6 nitrogen and oxygen atoms in total. The van der Waals surface area contributed by atoms with Gasteiger partial charge in [-0.15, -0.1) is 24.0 Å². The Kier molecular flexibility index (Phi) is 14.8. The largest absolute Gasteiger partial charge is 0.490 e. The van der Waals surface area contributed by atoms with Crippen LogP contribution < -0.4 is 20.1 Å². The number of nitrogens with zero attached hydrogens (tertiary/aromatic N) is 1. The van der Waals surface area contributed by atoms with Crippen molar-refractivity contribution in [1.29, 1.82) is 0 Å². The highest BCUT2D eigenvalue weighted by Gasteiger charge is 2.11. The number of hydrogen-bond acceptors (Lipinski definition) is 4. The molecule has 0 radical (unpaired) electrons. The molecule has 9 heteroatoms. The first kappa shape index (κ1) is 26.6. The van der Waals surface area contributed by atoms with Gasteiger partial charge >= 0.3 is 6.61 Å². The standard InChI is InChI=1S/C19H31F2N3O3.HI/c1-5-26-17-11-15(7-8-16(17)27-18(20)21)12-24-19(22-4)23-9-6-10-25-13-14(2)3;/h7-8,11,14,18H,5-6,9-10,12-13H2,1-4H3,(H2,22,23,24);1H. The van der Waals surface area contributed by atoms with E-state index in [-0.39, 0.29) is 29.7 Å². The summed E-state index contributed by atoms with van der Waals surface area (Å²) in [4.78, 5) is 4.16. The second-order valence-electron chi connectivity index (χ2n) is 6.27. The topological polar surface area (TPSA) is 64.1 Å². The average Bonchev–Trinajstić information content (AvgIpc) is 2.62. The fourth-order valence-corrected chi connectivity index (χ4v) is 2.23. The van der Waals surface area contributed by atoms with Crippen LogP contribution in [0.25, 0.3) is 0 Å². The molecule has 0 heterocycles. The van der Waals surface area contributed by atoms with E-state index in [2.05, 4.69) is 34.2 Å². The van der Waals surface area contributed by atoms with Crippen LogP contribution in [0.2, 0.25) is 0 Å². The van der Waals surface area contributed by atoms with Crippen molar-refractivity contribution in [2.45, 2.75) is 40.3 Å². The number of rotatable bonds is 12. The third-order valence-electron chi connectivity index (χ3n) is 3.42. The summed E-state index contributed by atoms with van der Waals surface area (Å²) in [6, 6.07) is 4.87. The average molecular weight is 515 g/mol. The molecule has 0 bridgehead atoms. The molecule has 1 aromatic rings. The minimum Gasteiger partial charge on any atom is -0.490 e. The van der Waals surface area contributed by atoms with E-state index in [9.17, 15) is 8.78 Å². The molecule has 0 saturated carbocycles. The molecule has 2 N–H and O–H groups in total. The summed E-state index contributed by atoms with van der Waals surface area (Å²) in [6.07, 6.45) is 0.877. The Morgan fingerprint density at radius 1 is 1.18 bits per heavy atom. The van der Waals surface area contributed by atoms with Gasteiger partial charge < -0.3 is 24.8 Å². The number of benzene rings is 1. The number of ether oxygens (including phenoxy) is 3. The Labute approximate surface area is 183 Å². The van der Waals surface area contributed by atoms with Gasteiger partial charge in [0.15, 0.2) is 17.5 Å². The van der Waals surface area contributed by atoms with E-state index >= 15 is 0 Å². The van der Waals surface area contributed by atoms with E-state index in [4.69, 9.17) is 9.47 Å². The Morgan fingerprint density at radius 3 is 2.54 bits per heavy atom. The molecule has 0 unspecified atom stereocenters. The maximum Gasteiger partial charge on any atom is 0.387 e. The molecule has 162 valence electrons.